The number of methoxy groups -OCH3 is 1. The van der Waals surface area contributed by atoms with Gasteiger partial charge in [0.1, 0.15) is 0 Å². The second kappa shape index (κ2) is 7.61. The van der Waals surface area contributed by atoms with Crippen molar-refractivity contribution in [3.63, 3.8) is 0 Å². The van der Waals surface area contributed by atoms with E-state index in [0.29, 0.717) is 25.2 Å². The molecule has 2 rings (SSSR count). The van der Waals surface area contributed by atoms with Crippen molar-refractivity contribution in [1.29, 1.82) is 5.26 Å². The van der Waals surface area contributed by atoms with Crippen molar-refractivity contribution >= 4 is 5.97 Å². The van der Waals surface area contributed by atoms with E-state index in [1.54, 1.807) is 0 Å². The maximum absolute atomic E-state index is 11.8. The van der Waals surface area contributed by atoms with E-state index >= 15 is 0 Å². The lowest BCUT2D eigenvalue weighted by atomic mass is 9.90. The summed E-state index contributed by atoms with van der Waals surface area (Å²) in [5.74, 6) is -0.258. The molecule has 0 aromatic carbocycles. The Labute approximate surface area is 121 Å². The molecule has 1 saturated heterocycles. The van der Waals surface area contributed by atoms with Crippen molar-refractivity contribution < 1.29 is 9.53 Å². The summed E-state index contributed by atoms with van der Waals surface area (Å²) in [6.07, 6.45) is 7.23. The number of likely N-dealkylation sites (tertiary alicyclic amines) is 1. The molecule has 5 heteroatoms. The summed E-state index contributed by atoms with van der Waals surface area (Å²) in [7, 11) is 1.44. The molecule has 0 aromatic rings. The summed E-state index contributed by atoms with van der Waals surface area (Å²) in [4.78, 5) is 13.9. The Kier molecular flexibility index (Phi) is 5.81. The maximum Gasteiger partial charge on any atom is 0.310 e. The van der Waals surface area contributed by atoms with E-state index in [-0.39, 0.29) is 11.9 Å². The molecule has 2 aliphatic rings. The fraction of sp³-hybridized carbons (Fsp3) is 0.867. The van der Waals surface area contributed by atoms with Crippen LogP contribution in [0.5, 0.6) is 0 Å². The molecule has 112 valence electrons. The van der Waals surface area contributed by atoms with Crippen molar-refractivity contribution in [2.45, 2.75) is 50.6 Å². The molecule has 2 atom stereocenters. The molecule has 20 heavy (non-hydrogen) atoms. The summed E-state index contributed by atoms with van der Waals surface area (Å²) in [5.41, 5.74) is 0. The van der Waals surface area contributed by atoms with Crippen molar-refractivity contribution in [2.24, 2.45) is 5.92 Å². The summed E-state index contributed by atoms with van der Waals surface area (Å²) in [5, 5.41) is 12.6. The number of piperidine rings is 1. The highest BCUT2D eigenvalue weighted by atomic mass is 16.5. The van der Waals surface area contributed by atoms with Crippen molar-refractivity contribution in [3.8, 4) is 6.07 Å². The van der Waals surface area contributed by atoms with Gasteiger partial charge in [-0.3, -0.25) is 9.69 Å². The fourth-order valence-corrected chi connectivity index (χ4v) is 3.48. The first kappa shape index (κ1) is 15.3. The van der Waals surface area contributed by atoms with Crippen molar-refractivity contribution in [3.05, 3.63) is 0 Å². The standard InChI is InChI=1S/C15H25N3O2/c1-20-15(19)12-9-14(11-18(10-12)8-7-16)17-13-5-3-2-4-6-13/h12-14,17H,2-6,8-11H2,1H3. The van der Waals surface area contributed by atoms with E-state index < -0.39 is 0 Å². The van der Waals surface area contributed by atoms with E-state index in [1.807, 2.05) is 0 Å². The molecule has 1 aliphatic carbocycles. The predicted molar refractivity (Wildman–Crippen MR) is 76.0 cm³/mol. The number of nitriles is 1. The third kappa shape index (κ3) is 4.19. The van der Waals surface area contributed by atoms with Gasteiger partial charge in [-0.05, 0) is 19.3 Å². The molecular formula is C15H25N3O2. The zero-order chi connectivity index (χ0) is 14.4. The summed E-state index contributed by atoms with van der Waals surface area (Å²) in [6, 6.07) is 3.06. The summed E-state index contributed by atoms with van der Waals surface area (Å²) >= 11 is 0. The van der Waals surface area contributed by atoms with Crippen LogP contribution in [0, 0.1) is 17.2 Å². The molecule has 0 amide bonds. The molecule has 2 fully saturated rings. The van der Waals surface area contributed by atoms with E-state index in [0.717, 1.165) is 13.0 Å². The first-order valence-electron chi connectivity index (χ1n) is 7.66. The average Bonchev–Trinajstić information content (AvgIpc) is 2.47. The molecule has 1 heterocycles. The summed E-state index contributed by atoms with van der Waals surface area (Å²) in [6.45, 7) is 1.89. The molecule has 1 saturated carbocycles. The molecule has 0 bridgehead atoms. The van der Waals surface area contributed by atoms with Crippen LogP contribution in [0.25, 0.3) is 0 Å². The Bertz CT molecular complexity index is 361. The molecule has 1 aliphatic heterocycles. The van der Waals surface area contributed by atoms with Crippen LogP contribution < -0.4 is 5.32 Å². The Hall–Kier alpha value is -1.12. The Balaban J connectivity index is 1.92. The number of nitrogens with one attached hydrogen (secondary N) is 1. The molecule has 0 aromatic heterocycles. The third-order valence-corrected chi connectivity index (χ3v) is 4.43. The number of nitrogens with zero attached hydrogens (tertiary/aromatic N) is 2. The smallest absolute Gasteiger partial charge is 0.310 e. The zero-order valence-electron chi connectivity index (χ0n) is 12.3. The van der Waals surface area contributed by atoms with Crippen molar-refractivity contribution in [2.75, 3.05) is 26.7 Å². The van der Waals surface area contributed by atoms with Gasteiger partial charge in [0.05, 0.1) is 25.6 Å². The van der Waals surface area contributed by atoms with Gasteiger partial charge in [0.2, 0.25) is 0 Å². The van der Waals surface area contributed by atoms with Crippen LogP contribution in [0.1, 0.15) is 38.5 Å². The largest absolute Gasteiger partial charge is 0.469 e. The van der Waals surface area contributed by atoms with Crippen LogP contribution in [-0.2, 0) is 9.53 Å². The van der Waals surface area contributed by atoms with Crippen LogP contribution in [0.4, 0.5) is 0 Å². The molecule has 0 spiro atoms. The Morgan fingerprint density at radius 1 is 1.30 bits per heavy atom. The second-order valence-electron chi connectivity index (χ2n) is 6.01. The zero-order valence-corrected chi connectivity index (χ0v) is 12.3. The fourth-order valence-electron chi connectivity index (χ4n) is 3.48. The number of esters is 1. The monoisotopic (exact) mass is 279 g/mol. The lowest BCUT2D eigenvalue weighted by Gasteiger charge is -2.38. The van der Waals surface area contributed by atoms with Crippen LogP contribution in [-0.4, -0.2) is 49.7 Å². The molecular weight excluding hydrogens is 254 g/mol. The van der Waals surface area contributed by atoms with E-state index in [1.165, 1.54) is 39.2 Å². The van der Waals surface area contributed by atoms with Gasteiger partial charge in [0.15, 0.2) is 0 Å². The Morgan fingerprint density at radius 2 is 2.05 bits per heavy atom. The average molecular weight is 279 g/mol. The van der Waals surface area contributed by atoms with Crippen LogP contribution in [0.3, 0.4) is 0 Å². The maximum atomic E-state index is 11.8. The lowest BCUT2D eigenvalue weighted by Crippen LogP contribution is -2.53. The number of ether oxygens (including phenoxy) is 1. The minimum Gasteiger partial charge on any atom is -0.469 e. The van der Waals surface area contributed by atoms with Gasteiger partial charge in [-0.25, -0.2) is 0 Å². The topological polar surface area (TPSA) is 65.4 Å². The molecule has 0 radical (unpaired) electrons. The van der Waals surface area contributed by atoms with Crippen LogP contribution in [0.15, 0.2) is 0 Å². The second-order valence-corrected chi connectivity index (χ2v) is 6.01. The Morgan fingerprint density at radius 3 is 2.70 bits per heavy atom. The van der Waals surface area contributed by atoms with E-state index in [4.69, 9.17) is 10.00 Å². The number of hydrogen-bond donors (Lipinski definition) is 1. The van der Waals surface area contributed by atoms with E-state index in [9.17, 15) is 4.79 Å². The first-order chi connectivity index (χ1) is 9.72. The number of carbonyl (C=O) groups is 1. The molecule has 5 nitrogen and oxygen atoms in total. The third-order valence-electron chi connectivity index (χ3n) is 4.43. The molecule has 1 N–H and O–H groups in total. The number of carbonyl (C=O) groups excluding carboxylic acids is 1. The van der Waals surface area contributed by atoms with Gasteiger partial charge in [-0.15, -0.1) is 0 Å². The first-order valence-corrected chi connectivity index (χ1v) is 7.66. The number of hydrogen-bond acceptors (Lipinski definition) is 5. The van der Waals surface area contributed by atoms with Gasteiger partial charge >= 0.3 is 5.97 Å². The van der Waals surface area contributed by atoms with Gasteiger partial charge < -0.3 is 10.1 Å². The van der Waals surface area contributed by atoms with E-state index in [2.05, 4.69) is 16.3 Å². The highest BCUT2D eigenvalue weighted by molar-refractivity contribution is 5.72. The molecule has 2 unspecified atom stereocenters. The highest BCUT2D eigenvalue weighted by Crippen LogP contribution is 2.22. The van der Waals surface area contributed by atoms with Crippen LogP contribution in [0.2, 0.25) is 0 Å². The SMILES string of the molecule is COC(=O)C1CC(NC2CCCCC2)CN(CC#N)C1. The minimum absolute atomic E-state index is 0.108. The number of rotatable bonds is 4. The van der Waals surface area contributed by atoms with Gasteiger partial charge in [0, 0.05) is 25.2 Å². The van der Waals surface area contributed by atoms with Gasteiger partial charge in [0.25, 0.3) is 0 Å². The van der Waals surface area contributed by atoms with Gasteiger partial charge in [-0.1, -0.05) is 19.3 Å². The minimum atomic E-state index is -0.150. The normalized spacial score (nSPS) is 28.8. The predicted octanol–water partition coefficient (Wildman–Crippen LogP) is 1.30. The quantitative estimate of drug-likeness (QED) is 0.620. The lowest BCUT2D eigenvalue weighted by molar-refractivity contribution is -0.147. The highest BCUT2D eigenvalue weighted by Gasteiger charge is 2.33. The van der Waals surface area contributed by atoms with Gasteiger partial charge in [-0.2, -0.15) is 5.26 Å². The summed E-state index contributed by atoms with van der Waals surface area (Å²) < 4.78 is 4.88. The van der Waals surface area contributed by atoms with Crippen LogP contribution >= 0.6 is 0 Å². The van der Waals surface area contributed by atoms with Crippen molar-refractivity contribution in [1.82, 2.24) is 10.2 Å².